The molecule has 0 aliphatic carbocycles. The zero-order chi connectivity index (χ0) is 26.0. The van der Waals surface area contributed by atoms with Gasteiger partial charge in [-0.1, -0.05) is 30.3 Å². The number of aromatic nitrogens is 5. The number of nitriles is 1. The van der Waals surface area contributed by atoms with E-state index in [0.29, 0.717) is 22.5 Å². The van der Waals surface area contributed by atoms with Gasteiger partial charge in [-0.15, -0.1) is 0 Å². The SMILES string of the molecule is Cc1cnc([C@@H](c2ccccc2C#N)[C@H](C)c2nc(C(=O)Nc3cnoc3)c(O)c(=O)n2C)c(C)n1. The van der Waals surface area contributed by atoms with Crippen LogP contribution >= 0.6 is 0 Å². The Morgan fingerprint density at radius 3 is 2.64 bits per heavy atom. The van der Waals surface area contributed by atoms with Crippen molar-refractivity contribution < 1.29 is 14.4 Å². The van der Waals surface area contributed by atoms with Gasteiger partial charge < -0.3 is 14.9 Å². The van der Waals surface area contributed by atoms with Crippen molar-refractivity contribution in [1.29, 1.82) is 5.26 Å². The van der Waals surface area contributed by atoms with Gasteiger partial charge in [0.25, 0.3) is 11.5 Å². The molecule has 0 saturated carbocycles. The molecule has 0 aliphatic heterocycles. The number of carbonyl (C=O) groups excluding carboxylic acids is 1. The summed E-state index contributed by atoms with van der Waals surface area (Å²) in [6.45, 7) is 5.47. The molecule has 0 aliphatic rings. The highest BCUT2D eigenvalue weighted by atomic mass is 16.5. The molecular formula is C25H23N7O4. The minimum Gasteiger partial charge on any atom is -0.501 e. The number of nitrogens with one attached hydrogen (secondary N) is 1. The van der Waals surface area contributed by atoms with E-state index in [2.05, 4.69) is 31.5 Å². The second kappa shape index (κ2) is 9.79. The number of aryl methyl sites for hydroxylation is 2. The van der Waals surface area contributed by atoms with Crippen molar-refractivity contribution in [3.8, 4) is 11.8 Å². The molecule has 182 valence electrons. The Labute approximate surface area is 206 Å². The van der Waals surface area contributed by atoms with E-state index in [1.54, 1.807) is 18.3 Å². The average molecular weight is 486 g/mol. The molecule has 11 heteroatoms. The monoisotopic (exact) mass is 485 g/mol. The van der Waals surface area contributed by atoms with Crippen molar-refractivity contribution in [3.05, 3.63) is 93.0 Å². The lowest BCUT2D eigenvalue weighted by molar-refractivity contribution is 0.101. The number of carbonyl (C=O) groups is 1. The van der Waals surface area contributed by atoms with Crippen LogP contribution in [0.15, 0.2) is 52.2 Å². The lowest BCUT2D eigenvalue weighted by Crippen LogP contribution is -2.30. The predicted molar refractivity (Wildman–Crippen MR) is 129 cm³/mol. The Balaban J connectivity index is 1.90. The maximum absolute atomic E-state index is 12.9. The Hall–Kier alpha value is -4.85. The number of aromatic hydroxyl groups is 1. The fourth-order valence-electron chi connectivity index (χ4n) is 4.21. The van der Waals surface area contributed by atoms with Crippen LogP contribution in [0.25, 0.3) is 0 Å². The first-order chi connectivity index (χ1) is 17.2. The normalized spacial score (nSPS) is 12.5. The van der Waals surface area contributed by atoms with Gasteiger partial charge in [0.2, 0.25) is 5.75 Å². The van der Waals surface area contributed by atoms with E-state index >= 15 is 0 Å². The standard InChI is InChI=1S/C25H23N7O4/c1-13-10-27-20(15(3)29-13)19(18-8-6-5-7-16(18)9-26)14(2)23-31-21(22(33)25(35)32(23)4)24(34)30-17-11-28-36-12-17/h5-8,10-12,14,19,33H,1-4H3,(H,30,34)/t14-,19+/m0/s1. The summed E-state index contributed by atoms with van der Waals surface area (Å²) < 4.78 is 5.89. The van der Waals surface area contributed by atoms with Crippen LogP contribution in [-0.4, -0.2) is 35.7 Å². The average Bonchev–Trinajstić information content (AvgIpc) is 3.37. The maximum Gasteiger partial charge on any atom is 0.296 e. The van der Waals surface area contributed by atoms with Crippen LogP contribution in [0.2, 0.25) is 0 Å². The van der Waals surface area contributed by atoms with Gasteiger partial charge in [0.05, 0.1) is 34.9 Å². The van der Waals surface area contributed by atoms with E-state index < -0.39 is 34.7 Å². The minimum atomic E-state index is -0.804. The smallest absolute Gasteiger partial charge is 0.296 e. The van der Waals surface area contributed by atoms with E-state index in [1.165, 1.54) is 24.1 Å². The summed E-state index contributed by atoms with van der Waals surface area (Å²) in [4.78, 5) is 39.4. The molecule has 0 spiro atoms. The van der Waals surface area contributed by atoms with Crippen molar-refractivity contribution >= 4 is 11.6 Å². The summed E-state index contributed by atoms with van der Waals surface area (Å²) >= 11 is 0. The number of amides is 1. The highest BCUT2D eigenvalue weighted by Crippen LogP contribution is 2.39. The molecule has 36 heavy (non-hydrogen) atoms. The molecule has 1 aromatic carbocycles. The van der Waals surface area contributed by atoms with Crippen molar-refractivity contribution in [2.24, 2.45) is 7.05 Å². The van der Waals surface area contributed by atoms with Crippen LogP contribution in [0.1, 0.15) is 63.3 Å². The molecule has 0 unspecified atom stereocenters. The van der Waals surface area contributed by atoms with Crippen LogP contribution in [0.4, 0.5) is 5.69 Å². The molecule has 0 bridgehead atoms. The van der Waals surface area contributed by atoms with Gasteiger partial charge in [0.15, 0.2) is 5.69 Å². The first kappa shape index (κ1) is 24.3. The lowest BCUT2D eigenvalue weighted by Gasteiger charge is -2.27. The van der Waals surface area contributed by atoms with Gasteiger partial charge in [-0.2, -0.15) is 5.26 Å². The van der Waals surface area contributed by atoms with Crippen LogP contribution in [0, 0.1) is 25.2 Å². The molecule has 1 amide bonds. The van der Waals surface area contributed by atoms with Crippen molar-refractivity contribution in [2.45, 2.75) is 32.6 Å². The highest BCUT2D eigenvalue weighted by molar-refractivity contribution is 6.04. The second-order valence-electron chi connectivity index (χ2n) is 8.35. The number of hydrogen-bond acceptors (Lipinski definition) is 9. The second-order valence-corrected chi connectivity index (χ2v) is 8.35. The number of nitrogens with zero attached hydrogens (tertiary/aromatic N) is 6. The third-order valence-electron chi connectivity index (χ3n) is 5.93. The number of rotatable bonds is 6. The van der Waals surface area contributed by atoms with Gasteiger partial charge >= 0.3 is 0 Å². The topological polar surface area (TPSA) is 160 Å². The molecule has 4 aromatic rings. The number of hydrogen-bond donors (Lipinski definition) is 2. The Kier molecular flexibility index (Phi) is 6.60. The molecule has 2 N–H and O–H groups in total. The van der Waals surface area contributed by atoms with E-state index in [-0.39, 0.29) is 11.5 Å². The van der Waals surface area contributed by atoms with Gasteiger partial charge in [0, 0.05) is 25.1 Å². The fourth-order valence-corrected chi connectivity index (χ4v) is 4.21. The van der Waals surface area contributed by atoms with Crippen LogP contribution < -0.4 is 10.9 Å². The fraction of sp³-hybridized carbons (Fsp3) is 0.240. The molecule has 0 saturated heterocycles. The predicted octanol–water partition coefficient (Wildman–Crippen LogP) is 2.94. The summed E-state index contributed by atoms with van der Waals surface area (Å²) in [7, 11) is 1.46. The third-order valence-corrected chi connectivity index (χ3v) is 5.93. The summed E-state index contributed by atoms with van der Waals surface area (Å²) in [5.74, 6) is -2.47. The van der Waals surface area contributed by atoms with Crippen molar-refractivity contribution in [1.82, 2.24) is 24.7 Å². The van der Waals surface area contributed by atoms with E-state index in [0.717, 1.165) is 5.69 Å². The highest BCUT2D eigenvalue weighted by Gasteiger charge is 2.32. The molecule has 3 heterocycles. The number of anilines is 1. The van der Waals surface area contributed by atoms with E-state index in [9.17, 15) is 20.0 Å². The Bertz CT molecular complexity index is 1540. The molecule has 2 atom stereocenters. The van der Waals surface area contributed by atoms with Crippen molar-refractivity contribution in [3.63, 3.8) is 0 Å². The van der Waals surface area contributed by atoms with Gasteiger partial charge in [-0.05, 0) is 25.5 Å². The number of benzene rings is 1. The van der Waals surface area contributed by atoms with Crippen molar-refractivity contribution in [2.75, 3.05) is 5.32 Å². The molecule has 4 rings (SSSR count). The molecule has 11 nitrogen and oxygen atoms in total. The summed E-state index contributed by atoms with van der Waals surface area (Å²) in [6, 6.07) is 9.31. The molecule has 0 radical (unpaired) electrons. The first-order valence-corrected chi connectivity index (χ1v) is 11.0. The lowest BCUT2D eigenvalue weighted by atomic mass is 9.81. The van der Waals surface area contributed by atoms with Crippen LogP contribution in [0.3, 0.4) is 0 Å². The molecule has 3 aromatic heterocycles. The summed E-state index contributed by atoms with van der Waals surface area (Å²) in [5, 5.41) is 26.2. The van der Waals surface area contributed by atoms with E-state index in [1.807, 2.05) is 32.9 Å². The van der Waals surface area contributed by atoms with E-state index in [4.69, 9.17) is 4.52 Å². The summed E-state index contributed by atoms with van der Waals surface area (Å²) in [6.07, 6.45) is 4.11. The van der Waals surface area contributed by atoms with Crippen LogP contribution in [0.5, 0.6) is 5.75 Å². The Morgan fingerprint density at radius 1 is 1.22 bits per heavy atom. The summed E-state index contributed by atoms with van der Waals surface area (Å²) in [5.41, 5.74) is 2.11. The zero-order valence-corrected chi connectivity index (χ0v) is 20.1. The Morgan fingerprint density at radius 2 is 1.97 bits per heavy atom. The zero-order valence-electron chi connectivity index (χ0n) is 20.1. The molecular weight excluding hydrogens is 462 g/mol. The minimum absolute atomic E-state index is 0.216. The first-order valence-electron chi connectivity index (χ1n) is 11.0. The van der Waals surface area contributed by atoms with Gasteiger partial charge in [-0.25, -0.2) is 4.98 Å². The largest absolute Gasteiger partial charge is 0.501 e. The maximum atomic E-state index is 12.9. The van der Waals surface area contributed by atoms with Crippen LogP contribution in [-0.2, 0) is 7.05 Å². The quantitative estimate of drug-likeness (QED) is 0.418. The third kappa shape index (κ3) is 4.44. The molecule has 0 fully saturated rings. The van der Waals surface area contributed by atoms with Gasteiger partial charge in [0.1, 0.15) is 17.8 Å². The van der Waals surface area contributed by atoms with Gasteiger partial charge in [-0.3, -0.25) is 24.1 Å².